The summed E-state index contributed by atoms with van der Waals surface area (Å²) in [6.45, 7) is 1.85. The fourth-order valence-corrected chi connectivity index (χ4v) is 2.85. The number of hydrogen-bond acceptors (Lipinski definition) is 4. The minimum atomic E-state index is -0.261. The van der Waals surface area contributed by atoms with Crippen LogP contribution in [0.25, 0.3) is 11.3 Å². The van der Waals surface area contributed by atoms with Crippen LogP contribution in [0.4, 0.5) is 5.13 Å². The maximum Gasteiger partial charge on any atom is 0.277 e. The summed E-state index contributed by atoms with van der Waals surface area (Å²) >= 11 is 3.66. The van der Waals surface area contributed by atoms with Crippen LogP contribution in [0.3, 0.4) is 0 Å². The van der Waals surface area contributed by atoms with E-state index in [-0.39, 0.29) is 5.91 Å². The van der Waals surface area contributed by atoms with Gasteiger partial charge in [0, 0.05) is 20.2 Å². The van der Waals surface area contributed by atoms with E-state index in [9.17, 15) is 4.79 Å². The molecule has 0 aliphatic rings. The summed E-state index contributed by atoms with van der Waals surface area (Å²) < 4.78 is 1.18. The molecule has 3 rings (SSSR count). The third-order valence-electron chi connectivity index (χ3n) is 2.80. The zero-order valence-corrected chi connectivity index (χ0v) is 14.0. The number of nitrogens with one attached hydrogen (secondary N) is 2. The smallest absolute Gasteiger partial charge is 0.277 e. The lowest BCUT2D eigenvalue weighted by atomic mass is 10.2. The number of aromatic nitrogens is 3. The lowest BCUT2D eigenvalue weighted by Crippen LogP contribution is -2.12. The van der Waals surface area contributed by atoms with E-state index in [2.05, 4.69) is 43.1 Å². The highest BCUT2D eigenvalue weighted by atomic mass is 127. The molecule has 0 spiro atoms. The van der Waals surface area contributed by atoms with Gasteiger partial charge in [-0.15, -0.1) is 11.3 Å². The molecule has 106 valence electrons. The zero-order valence-electron chi connectivity index (χ0n) is 11.1. The Balaban J connectivity index is 1.76. The number of halogens is 1. The average Bonchev–Trinajstić information content (AvgIpc) is 3.09. The molecule has 0 aliphatic carbocycles. The normalized spacial score (nSPS) is 10.6. The van der Waals surface area contributed by atoms with Crippen molar-refractivity contribution in [1.29, 1.82) is 0 Å². The molecular weight excluding hydrogens is 399 g/mol. The van der Waals surface area contributed by atoms with Crippen LogP contribution in [0.1, 0.15) is 16.2 Å². The van der Waals surface area contributed by atoms with E-state index in [0.29, 0.717) is 10.8 Å². The summed E-state index contributed by atoms with van der Waals surface area (Å²) in [7, 11) is 0. The number of aromatic amines is 1. The van der Waals surface area contributed by atoms with Crippen LogP contribution in [-0.2, 0) is 0 Å². The predicted molar refractivity (Wildman–Crippen MR) is 91.5 cm³/mol. The fraction of sp³-hybridized carbons (Fsp3) is 0.0714. The molecule has 0 aliphatic heterocycles. The van der Waals surface area contributed by atoms with Gasteiger partial charge in [0.05, 0.1) is 5.69 Å². The van der Waals surface area contributed by atoms with Gasteiger partial charge in [0.25, 0.3) is 5.91 Å². The standard InChI is InChI=1S/C14H11IN4OS/c1-8-6-11(19-18-8)13(20)17-14-16-12(7-21-14)9-2-4-10(15)5-3-9/h2-7H,1H3,(H,18,19)(H,16,17,20). The second kappa shape index (κ2) is 5.94. The molecule has 0 atom stereocenters. The van der Waals surface area contributed by atoms with Crippen molar-refractivity contribution >= 4 is 45.0 Å². The van der Waals surface area contributed by atoms with Gasteiger partial charge < -0.3 is 0 Å². The van der Waals surface area contributed by atoms with Gasteiger partial charge in [-0.2, -0.15) is 5.10 Å². The molecule has 5 nitrogen and oxygen atoms in total. The molecule has 2 aromatic heterocycles. The first kappa shape index (κ1) is 14.2. The van der Waals surface area contributed by atoms with Crippen molar-refractivity contribution in [2.75, 3.05) is 5.32 Å². The molecule has 0 saturated heterocycles. The van der Waals surface area contributed by atoms with Crippen LogP contribution in [0, 0.1) is 10.5 Å². The summed E-state index contributed by atoms with van der Waals surface area (Å²) in [5.74, 6) is -0.261. The van der Waals surface area contributed by atoms with Crippen LogP contribution < -0.4 is 5.32 Å². The second-order valence-corrected chi connectivity index (χ2v) is 6.54. The van der Waals surface area contributed by atoms with E-state index in [1.165, 1.54) is 14.9 Å². The minimum absolute atomic E-state index is 0.261. The highest BCUT2D eigenvalue weighted by molar-refractivity contribution is 14.1. The molecule has 0 bridgehead atoms. The number of carbonyl (C=O) groups is 1. The van der Waals surface area contributed by atoms with Crippen LogP contribution in [-0.4, -0.2) is 21.1 Å². The number of rotatable bonds is 3. The monoisotopic (exact) mass is 410 g/mol. The fourth-order valence-electron chi connectivity index (χ4n) is 1.78. The lowest BCUT2D eigenvalue weighted by molar-refractivity contribution is 0.102. The Bertz CT molecular complexity index is 778. The van der Waals surface area contributed by atoms with Gasteiger partial charge in [-0.25, -0.2) is 4.98 Å². The van der Waals surface area contributed by atoms with E-state index in [0.717, 1.165) is 17.0 Å². The van der Waals surface area contributed by atoms with Gasteiger partial charge >= 0.3 is 0 Å². The summed E-state index contributed by atoms with van der Waals surface area (Å²) in [5.41, 5.74) is 3.09. The number of H-pyrrole nitrogens is 1. The van der Waals surface area contributed by atoms with Crippen molar-refractivity contribution in [3.8, 4) is 11.3 Å². The van der Waals surface area contributed by atoms with Gasteiger partial charge in [-0.3, -0.25) is 15.2 Å². The Morgan fingerprint density at radius 1 is 1.33 bits per heavy atom. The molecule has 1 amide bonds. The van der Waals surface area contributed by atoms with Gasteiger partial charge in [0.15, 0.2) is 10.8 Å². The highest BCUT2D eigenvalue weighted by Gasteiger charge is 2.12. The molecule has 0 fully saturated rings. The third-order valence-corrected chi connectivity index (χ3v) is 4.28. The number of amides is 1. The van der Waals surface area contributed by atoms with E-state index in [1.807, 2.05) is 36.6 Å². The van der Waals surface area contributed by atoms with Crippen LogP contribution in [0.2, 0.25) is 0 Å². The number of hydrogen-bond donors (Lipinski definition) is 2. The third kappa shape index (κ3) is 3.30. The molecular formula is C14H11IN4OS. The number of aryl methyl sites for hydroxylation is 1. The molecule has 1 aromatic carbocycles. The summed E-state index contributed by atoms with van der Waals surface area (Å²) in [6.07, 6.45) is 0. The topological polar surface area (TPSA) is 70.7 Å². The van der Waals surface area contributed by atoms with Gasteiger partial charge in [0.1, 0.15) is 0 Å². The van der Waals surface area contributed by atoms with E-state index in [1.54, 1.807) is 6.07 Å². The SMILES string of the molecule is Cc1cc(C(=O)Nc2nc(-c3ccc(I)cc3)cs2)n[nH]1. The number of anilines is 1. The van der Waals surface area contributed by atoms with E-state index in [4.69, 9.17) is 0 Å². The molecule has 0 unspecified atom stereocenters. The molecule has 0 radical (unpaired) electrons. The predicted octanol–water partition coefficient (Wildman–Crippen LogP) is 3.70. The van der Waals surface area contributed by atoms with Crippen molar-refractivity contribution in [2.45, 2.75) is 6.92 Å². The quantitative estimate of drug-likeness (QED) is 0.647. The minimum Gasteiger partial charge on any atom is -0.296 e. The van der Waals surface area contributed by atoms with Crippen LogP contribution in [0.5, 0.6) is 0 Å². The van der Waals surface area contributed by atoms with E-state index < -0.39 is 0 Å². The number of thiazole rings is 1. The molecule has 7 heteroatoms. The van der Waals surface area contributed by atoms with Crippen molar-refractivity contribution in [3.05, 3.63) is 50.7 Å². The van der Waals surface area contributed by atoms with Crippen molar-refractivity contribution in [1.82, 2.24) is 15.2 Å². The summed E-state index contributed by atoms with van der Waals surface area (Å²) in [5, 5.41) is 11.9. The van der Waals surface area contributed by atoms with E-state index >= 15 is 0 Å². The summed E-state index contributed by atoms with van der Waals surface area (Å²) in [4.78, 5) is 16.4. The van der Waals surface area contributed by atoms with Gasteiger partial charge in [-0.05, 0) is 47.7 Å². The molecule has 0 saturated carbocycles. The molecule has 2 N–H and O–H groups in total. The number of nitrogens with zero attached hydrogens (tertiary/aromatic N) is 2. The first-order chi connectivity index (χ1) is 10.1. The largest absolute Gasteiger partial charge is 0.296 e. The Morgan fingerprint density at radius 2 is 2.10 bits per heavy atom. The Kier molecular flexibility index (Phi) is 4.02. The summed E-state index contributed by atoms with van der Waals surface area (Å²) in [6, 6.07) is 9.78. The Labute approximate surface area is 139 Å². The van der Waals surface area contributed by atoms with Gasteiger partial charge in [0.2, 0.25) is 0 Å². The molecule has 3 aromatic rings. The maximum absolute atomic E-state index is 12.0. The van der Waals surface area contributed by atoms with Gasteiger partial charge in [-0.1, -0.05) is 12.1 Å². The number of carbonyl (C=O) groups excluding carboxylic acids is 1. The Morgan fingerprint density at radius 3 is 2.76 bits per heavy atom. The first-order valence-electron chi connectivity index (χ1n) is 6.16. The zero-order chi connectivity index (χ0) is 14.8. The number of benzene rings is 1. The van der Waals surface area contributed by atoms with Crippen molar-refractivity contribution in [2.24, 2.45) is 0 Å². The average molecular weight is 410 g/mol. The lowest BCUT2D eigenvalue weighted by Gasteiger charge is -1.98. The molecule has 2 heterocycles. The Hall–Kier alpha value is -1.74. The first-order valence-corrected chi connectivity index (χ1v) is 8.12. The van der Waals surface area contributed by atoms with Crippen molar-refractivity contribution in [3.63, 3.8) is 0 Å². The van der Waals surface area contributed by atoms with Crippen LogP contribution >= 0.6 is 33.9 Å². The maximum atomic E-state index is 12.0. The highest BCUT2D eigenvalue weighted by Crippen LogP contribution is 2.25. The van der Waals surface area contributed by atoms with Crippen LogP contribution in [0.15, 0.2) is 35.7 Å². The molecule has 21 heavy (non-hydrogen) atoms. The van der Waals surface area contributed by atoms with Crippen molar-refractivity contribution < 1.29 is 4.79 Å². The second-order valence-electron chi connectivity index (χ2n) is 4.44.